The van der Waals surface area contributed by atoms with Crippen LogP contribution in [0.4, 0.5) is 0 Å². The third-order valence-corrected chi connectivity index (χ3v) is 7.58. The average Bonchev–Trinajstić information content (AvgIpc) is 2.85. The summed E-state index contributed by atoms with van der Waals surface area (Å²) < 4.78 is 5.39. The first-order valence-electron chi connectivity index (χ1n) is 11.9. The maximum Gasteiger partial charge on any atom is 0.303 e. The Morgan fingerprint density at radius 1 is 1.24 bits per heavy atom. The molecule has 0 saturated carbocycles. The molecule has 4 rings (SSSR count). The van der Waals surface area contributed by atoms with Gasteiger partial charge in [-0.25, -0.2) is 0 Å². The first kappa shape index (κ1) is 24.4. The summed E-state index contributed by atoms with van der Waals surface area (Å²) in [6.45, 7) is 2.82. The molecule has 0 radical (unpaired) electrons. The lowest BCUT2D eigenvalue weighted by Crippen LogP contribution is -2.42. The molecule has 1 aromatic carbocycles. The number of likely N-dealkylation sites (tertiary alicyclic amines) is 1. The van der Waals surface area contributed by atoms with Gasteiger partial charge in [0.15, 0.2) is 0 Å². The minimum atomic E-state index is -0.696. The number of piperidine rings is 1. The van der Waals surface area contributed by atoms with E-state index in [2.05, 4.69) is 32.2 Å². The Labute approximate surface area is 204 Å². The van der Waals surface area contributed by atoms with Gasteiger partial charge >= 0.3 is 5.97 Å². The topological polar surface area (TPSA) is 88.4 Å². The second-order valence-electron chi connectivity index (χ2n) is 8.86. The lowest BCUT2D eigenvalue weighted by atomic mass is 9.80. The molecule has 8 heteroatoms. The average molecular weight is 481 g/mol. The van der Waals surface area contributed by atoms with E-state index in [-0.39, 0.29) is 12.3 Å². The Hall–Kier alpha value is -2.71. The summed E-state index contributed by atoms with van der Waals surface area (Å²) in [5.74, 6) is 1.72. The van der Waals surface area contributed by atoms with Crippen molar-refractivity contribution >= 4 is 28.6 Å². The van der Waals surface area contributed by atoms with Gasteiger partial charge in [0.2, 0.25) is 0 Å². The van der Waals surface area contributed by atoms with Gasteiger partial charge in [0.05, 0.1) is 12.6 Å². The largest absolute Gasteiger partial charge is 0.497 e. The summed E-state index contributed by atoms with van der Waals surface area (Å²) >= 11 is 1.70. The molecule has 180 valence electrons. The molecule has 0 aliphatic carbocycles. The van der Waals surface area contributed by atoms with Crippen molar-refractivity contribution < 1.29 is 14.6 Å². The van der Waals surface area contributed by atoms with Gasteiger partial charge in [0.25, 0.3) is 0 Å². The van der Waals surface area contributed by atoms with Gasteiger partial charge in [-0.2, -0.15) is 5.10 Å². The van der Waals surface area contributed by atoms with E-state index in [1.165, 1.54) is 5.56 Å². The molecule has 0 amide bonds. The number of aromatic nitrogens is 3. The molecule has 3 heterocycles. The second-order valence-corrected chi connectivity index (χ2v) is 9.98. The van der Waals surface area contributed by atoms with E-state index < -0.39 is 5.97 Å². The number of nitrogens with zero attached hydrogens (tertiary/aromatic N) is 4. The maximum atomic E-state index is 11.6. The summed E-state index contributed by atoms with van der Waals surface area (Å²) in [6.07, 6.45) is 7.90. The zero-order valence-corrected chi connectivity index (χ0v) is 20.4. The number of rotatable bonds is 11. The highest BCUT2D eigenvalue weighted by Gasteiger charge is 2.30. The molecule has 0 bridgehead atoms. The third-order valence-electron chi connectivity index (χ3n) is 6.68. The minimum absolute atomic E-state index is 0.196. The number of carboxylic acids is 1. The van der Waals surface area contributed by atoms with Crippen LogP contribution in [0.25, 0.3) is 10.9 Å². The summed E-state index contributed by atoms with van der Waals surface area (Å²) in [6, 6.07) is 12.0. The number of thioether (sulfide) groups is 1. The molecule has 1 aliphatic heterocycles. The van der Waals surface area contributed by atoms with Gasteiger partial charge in [0.1, 0.15) is 10.8 Å². The van der Waals surface area contributed by atoms with Crippen molar-refractivity contribution in [3.63, 3.8) is 0 Å². The zero-order chi connectivity index (χ0) is 23.8. The van der Waals surface area contributed by atoms with E-state index in [1.807, 2.05) is 30.5 Å². The monoisotopic (exact) mass is 480 g/mol. The summed E-state index contributed by atoms with van der Waals surface area (Å²) in [5.41, 5.74) is 2.26. The van der Waals surface area contributed by atoms with Crippen LogP contribution in [0, 0.1) is 11.8 Å². The van der Waals surface area contributed by atoms with Gasteiger partial charge in [-0.1, -0.05) is 0 Å². The molecule has 1 aliphatic rings. The minimum Gasteiger partial charge on any atom is -0.497 e. The van der Waals surface area contributed by atoms with E-state index in [9.17, 15) is 9.90 Å². The Morgan fingerprint density at radius 3 is 2.94 bits per heavy atom. The Morgan fingerprint density at radius 2 is 2.15 bits per heavy atom. The molecule has 0 spiro atoms. The molecule has 1 N–H and O–H groups in total. The predicted octanol–water partition coefficient (Wildman–Crippen LogP) is 4.56. The fourth-order valence-corrected chi connectivity index (χ4v) is 5.76. The number of fused-ring (bicyclic) bond motifs is 1. The van der Waals surface area contributed by atoms with Crippen LogP contribution in [-0.2, 0) is 11.2 Å². The lowest BCUT2D eigenvalue weighted by Gasteiger charge is -2.38. The van der Waals surface area contributed by atoms with Crippen molar-refractivity contribution in [2.75, 3.05) is 32.5 Å². The summed E-state index contributed by atoms with van der Waals surface area (Å²) in [4.78, 5) is 18.5. The van der Waals surface area contributed by atoms with Gasteiger partial charge in [-0.3, -0.25) is 9.78 Å². The number of ether oxygens (including phenoxy) is 1. The molecule has 2 aromatic heterocycles. The summed E-state index contributed by atoms with van der Waals surface area (Å²) in [5, 5.41) is 19.6. The molecule has 0 unspecified atom stereocenters. The predicted molar refractivity (Wildman–Crippen MR) is 134 cm³/mol. The smallest absolute Gasteiger partial charge is 0.303 e. The van der Waals surface area contributed by atoms with E-state index in [4.69, 9.17) is 4.74 Å². The zero-order valence-electron chi connectivity index (χ0n) is 19.6. The number of aliphatic carboxylic acids is 1. The Kier molecular flexibility index (Phi) is 8.71. The van der Waals surface area contributed by atoms with Gasteiger partial charge < -0.3 is 14.7 Å². The molecule has 2 atom stereocenters. The number of methoxy groups -OCH3 is 1. The molecule has 1 fully saturated rings. The summed E-state index contributed by atoms with van der Waals surface area (Å²) in [7, 11) is 1.68. The molecule has 34 heavy (non-hydrogen) atoms. The second kappa shape index (κ2) is 12.1. The van der Waals surface area contributed by atoms with Crippen molar-refractivity contribution in [1.29, 1.82) is 0 Å². The highest BCUT2D eigenvalue weighted by molar-refractivity contribution is 7.99. The van der Waals surface area contributed by atoms with Crippen LogP contribution in [0.2, 0.25) is 0 Å². The van der Waals surface area contributed by atoms with Crippen LogP contribution >= 0.6 is 11.8 Å². The van der Waals surface area contributed by atoms with Crippen molar-refractivity contribution in [2.45, 2.75) is 37.1 Å². The van der Waals surface area contributed by atoms with Crippen molar-refractivity contribution in [3.05, 3.63) is 54.4 Å². The molecular weight excluding hydrogens is 448 g/mol. The number of hydrogen-bond donors (Lipinski definition) is 1. The molecule has 3 aromatic rings. The van der Waals surface area contributed by atoms with Crippen LogP contribution in [0.5, 0.6) is 5.75 Å². The third kappa shape index (κ3) is 6.67. The number of pyridine rings is 1. The van der Waals surface area contributed by atoms with Gasteiger partial charge in [0, 0.05) is 43.0 Å². The fraction of sp³-hybridized carbons (Fsp3) is 0.462. The molecule has 7 nitrogen and oxygen atoms in total. The van der Waals surface area contributed by atoms with Crippen LogP contribution in [0.3, 0.4) is 0 Å². The van der Waals surface area contributed by atoms with Crippen LogP contribution in [0.15, 0.2) is 53.8 Å². The molecule has 1 saturated heterocycles. The SMILES string of the molecule is COc1ccc2nccc(CCC[C@@H]3CCN(CCSc4cccnn4)C[C@@H]3CC(=O)O)c2c1. The van der Waals surface area contributed by atoms with E-state index >= 15 is 0 Å². The lowest BCUT2D eigenvalue weighted by molar-refractivity contribution is -0.139. The first-order valence-corrected chi connectivity index (χ1v) is 12.9. The van der Waals surface area contributed by atoms with Crippen LogP contribution < -0.4 is 4.74 Å². The standard InChI is InChI=1S/C26H32N4O3S/c1-33-22-7-8-24-23(17-22)20(9-12-27-24)5-2-4-19-10-13-30(18-21(19)16-26(31)32)14-15-34-25-6-3-11-28-29-25/h3,6-9,11-12,17,19,21H,2,4-5,10,13-16,18H2,1H3,(H,31,32)/t19-,21+/m1/s1. The van der Waals surface area contributed by atoms with Crippen LogP contribution in [-0.4, -0.2) is 63.7 Å². The number of carbonyl (C=O) groups is 1. The number of hydrogen-bond acceptors (Lipinski definition) is 7. The number of carboxylic acid groups (broad SMARTS) is 1. The first-order chi connectivity index (χ1) is 16.6. The Balaban J connectivity index is 1.31. The van der Waals surface area contributed by atoms with E-state index in [1.54, 1.807) is 25.1 Å². The number of benzene rings is 1. The Bertz CT molecular complexity index is 1080. The van der Waals surface area contributed by atoms with Crippen molar-refractivity contribution in [3.8, 4) is 5.75 Å². The number of aryl methyl sites for hydroxylation is 1. The van der Waals surface area contributed by atoms with E-state index in [0.29, 0.717) is 5.92 Å². The van der Waals surface area contributed by atoms with Crippen molar-refractivity contribution in [1.82, 2.24) is 20.1 Å². The molecular formula is C26H32N4O3S. The normalized spacial score (nSPS) is 18.7. The highest BCUT2D eigenvalue weighted by Crippen LogP contribution is 2.32. The highest BCUT2D eigenvalue weighted by atomic mass is 32.2. The quantitative estimate of drug-likeness (QED) is 0.400. The van der Waals surface area contributed by atoms with Crippen molar-refractivity contribution in [2.24, 2.45) is 11.8 Å². The van der Waals surface area contributed by atoms with Crippen LogP contribution in [0.1, 0.15) is 31.2 Å². The van der Waals surface area contributed by atoms with E-state index in [0.717, 1.165) is 72.7 Å². The van der Waals surface area contributed by atoms with Gasteiger partial charge in [-0.15, -0.1) is 16.9 Å². The maximum absolute atomic E-state index is 11.6. The fourth-order valence-electron chi connectivity index (χ4n) is 4.92. The van der Waals surface area contributed by atoms with Gasteiger partial charge in [-0.05, 0) is 86.0 Å².